The summed E-state index contributed by atoms with van der Waals surface area (Å²) in [6.07, 6.45) is 3.86. The molecule has 84 valence electrons. The summed E-state index contributed by atoms with van der Waals surface area (Å²) in [7, 11) is 2.05. The molecule has 0 radical (unpaired) electrons. The first-order valence-corrected chi connectivity index (χ1v) is 5.79. The predicted octanol–water partition coefficient (Wildman–Crippen LogP) is 3.89. The summed E-state index contributed by atoms with van der Waals surface area (Å²) < 4.78 is 2.12. The van der Waals surface area contributed by atoms with Crippen LogP contribution in [0.25, 0.3) is 22.0 Å². The maximum Gasteiger partial charge on any atom is 0.129 e. The number of fused-ring (bicyclic) bond motifs is 1. The Morgan fingerprint density at radius 1 is 1.18 bits per heavy atom. The van der Waals surface area contributed by atoms with Gasteiger partial charge >= 0.3 is 0 Å². The second-order valence-electron chi connectivity index (χ2n) is 4.04. The molecule has 1 aromatic carbocycles. The number of para-hydroxylation sites is 1. The van der Waals surface area contributed by atoms with Crippen LogP contribution in [0, 0.1) is 0 Å². The van der Waals surface area contributed by atoms with Crippen molar-refractivity contribution in [3.8, 4) is 11.1 Å². The highest BCUT2D eigenvalue weighted by Crippen LogP contribution is 2.30. The molecular weight excluding hydrogens is 232 g/mol. The Bertz CT molecular complexity index is 686. The van der Waals surface area contributed by atoms with Crippen molar-refractivity contribution in [3.05, 3.63) is 53.9 Å². The SMILES string of the molecule is Cn1cc(-c2ccnc(Cl)c2)c2ccccc21. The largest absolute Gasteiger partial charge is 0.350 e. The molecule has 0 N–H and O–H groups in total. The van der Waals surface area contributed by atoms with Crippen molar-refractivity contribution < 1.29 is 0 Å². The summed E-state index contributed by atoms with van der Waals surface area (Å²) in [5, 5.41) is 1.76. The number of nitrogens with zero attached hydrogens (tertiary/aromatic N) is 2. The fourth-order valence-corrected chi connectivity index (χ4v) is 2.32. The standard InChI is InChI=1S/C14H11ClN2/c1-17-9-12(10-6-7-16-14(15)8-10)11-4-2-3-5-13(11)17/h2-9H,1H3. The van der Waals surface area contributed by atoms with Gasteiger partial charge in [0, 0.05) is 35.9 Å². The van der Waals surface area contributed by atoms with Gasteiger partial charge < -0.3 is 4.57 Å². The van der Waals surface area contributed by atoms with Crippen molar-refractivity contribution in [1.82, 2.24) is 9.55 Å². The van der Waals surface area contributed by atoms with Crippen molar-refractivity contribution in [2.24, 2.45) is 7.05 Å². The van der Waals surface area contributed by atoms with Crippen LogP contribution >= 0.6 is 11.6 Å². The van der Waals surface area contributed by atoms with Gasteiger partial charge in [0.05, 0.1) is 0 Å². The fraction of sp³-hybridized carbons (Fsp3) is 0.0714. The minimum Gasteiger partial charge on any atom is -0.350 e. The molecular formula is C14H11ClN2. The molecule has 2 aromatic heterocycles. The van der Waals surface area contributed by atoms with Crippen molar-refractivity contribution >= 4 is 22.5 Å². The Balaban J connectivity index is 2.31. The van der Waals surface area contributed by atoms with Crippen LogP contribution in [-0.4, -0.2) is 9.55 Å². The average molecular weight is 243 g/mol. The van der Waals surface area contributed by atoms with Crippen LogP contribution in [0.2, 0.25) is 5.15 Å². The Kier molecular flexibility index (Phi) is 2.37. The third kappa shape index (κ3) is 1.71. The van der Waals surface area contributed by atoms with Gasteiger partial charge in [0.25, 0.3) is 0 Å². The highest BCUT2D eigenvalue weighted by atomic mass is 35.5. The van der Waals surface area contributed by atoms with E-state index in [0.717, 1.165) is 5.56 Å². The van der Waals surface area contributed by atoms with Gasteiger partial charge in [-0.25, -0.2) is 4.98 Å². The van der Waals surface area contributed by atoms with E-state index in [4.69, 9.17) is 11.6 Å². The van der Waals surface area contributed by atoms with Gasteiger partial charge in [0.1, 0.15) is 5.15 Å². The molecule has 0 atom stereocenters. The second kappa shape index (κ2) is 3.90. The normalized spacial score (nSPS) is 10.9. The number of rotatable bonds is 1. The lowest BCUT2D eigenvalue weighted by Gasteiger charge is -1.99. The second-order valence-corrected chi connectivity index (χ2v) is 4.43. The maximum absolute atomic E-state index is 5.93. The van der Waals surface area contributed by atoms with Gasteiger partial charge in [0.15, 0.2) is 0 Å². The van der Waals surface area contributed by atoms with Gasteiger partial charge in [0.2, 0.25) is 0 Å². The number of benzene rings is 1. The van der Waals surface area contributed by atoms with E-state index < -0.39 is 0 Å². The van der Waals surface area contributed by atoms with Crippen LogP contribution in [0.4, 0.5) is 0 Å². The lowest BCUT2D eigenvalue weighted by molar-refractivity contribution is 0.970. The first kappa shape index (κ1) is 10.4. The quantitative estimate of drug-likeness (QED) is 0.592. The van der Waals surface area contributed by atoms with Crippen molar-refractivity contribution in [2.45, 2.75) is 0 Å². The molecule has 3 heteroatoms. The molecule has 0 fully saturated rings. The van der Waals surface area contributed by atoms with Crippen molar-refractivity contribution in [2.75, 3.05) is 0 Å². The van der Waals surface area contributed by atoms with Crippen LogP contribution < -0.4 is 0 Å². The molecule has 17 heavy (non-hydrogen) atoms. The highest BCUT2D eigenvalue weighted by Gasteiger charge is 2.08. The average Bonchev–Trinajstić information content (AvgIpc) is 2.68. The highest BCUT2D eigenvalue weighted by molar-refractivity contribution is 6.29. The zero-order chi connectivity index (χ0) is 11.8. The summed E-state index contributed by atoms with van der Waals surface area (Å²) in [4.78, 5) is 4.01. The molecule has 0 aliphatic heterocycles. The van der Waals surface area contributed by atoms with E-state index in [1.54, 1.807) is 6.20 Å². The third-order valence-corrected chi connectivity index (χ3v) is 3.14. The molecule has 0 saturated heterocycles. The van der Waals surface area contributed by atoms with Gasteiger partial charge in [-0.2, -0.15) is 0 Å². The summed E-state index contributed by atoms with van der Waals surface area (Å²) >= 11 is 5.93. The molecule has 0 amide bonds. The molecule has 2 nitrogen and oxygen atoms in total. The Morgan fingerprint density at radius 3 is 2.82 bits per heavy atom. The summed E-state index contributed by atoms with van der Waals surface area (Å²) in [6, 6.07) is 12.2. The fourth-order valence-electron chi connectivity index (χ4n) is 2.14. The first-order valence-electron chi connectivity index (χ1n) is 5.42. The maximum atomic E-state index is 5.93. The molecule has 0 unspecified atom stereocenters. The molecule has 0 spiro atoms. The van der Waals surface area contributed by atoms with Crippen LogP contribution in [0.3, 0.4) is 0 Å². The number of aromatic nitrogens is 2. The van der Waals surface area contributed by atoms with E-state index in [-0.39, 0.29) is 0 Å². The van der Waals surface area contributed by atoms with E-state index >= 15 is 0 Å². The molecule has 0 aliphatic rings. The number of hydrogen-bond acceptors (Lipinski definition) is 1. The third-order valence-electron chi connectivity index (χ3n) is 2.93. The molecule has 0 bridgehead atoms. The molecule has 0 aliphatic carbocycles. The molecule has 3 rings (SSSR count). The Labute approximate surface area is 104 Å². The molecule has 2 heterocycles. The van der Waals surface area contributed by atoms with E-state index in [1.165, 1.54) is 16.5 Å². The topological polar surface area (TPSA) is 17.8 Å². The van der Waals surface area contributed by atoms with E-state index in [1.807, 2.05) is 18.2 Å². The minimum atomic E-state index is 0.524. The van der Waals surface area contributed by atoms with Gasteiger partial charge in [-0.15, -0.1) is 0 Å². The van der Waals surface area contributed by atoms with Gasteiger partial charge in [-0.05, 0) is 23.8 Å². The van der Waals surface area contributed by atoms with Crippen molar-refractivity contribution in [3.63, 3.8) is 0 Å². The zero-order valence-corrected chi connectivity index (χ0v) is 10.1. The summed E-state index contributed by atoms with van der Waals surface area (Å²) in [5.74, 6) is 0. The lowest BCUT2D eigenvalue weighted by atomic mass is 10.1. The number of pyridine rings is 1. The van der Waals surface area contributed by atoms with Crippen molar-refractivity contribution in [1.29, 1.82) is 0 Å². The smallest absolute Gasteiger partial charge is 0.129 e. The molecule has 3 aromatic rings. The first-order chi connectivity index (χ1) is 8.25. The van der Waals surface area contributed by atoms with Gasteiger partial charge in [-0.1, -0.05) is 29.8 Å². The van der Waals surface area contributed by atoms with Gasteiger partial charge in [-0.3, -0.25) is 0 Å². The minimum absolute atomic E-state index is 0.524. The number of hydrogen-bond donors (Lipinski definition) is 0. The van der Waals surface area contributed by atoms with E-state index in [9.17, 15) is 0 Å². The van der Waals surface area contributed by atoms with Crippen LogP contribution in [-0.2, 0) is 7.05 Å². The number of halogens is 1. The summed E-state index contributed by atoms with van der Waals surface area (Å²) in [6.45, 7) is 0. The predicted molar refractivity (Wildman–Crippen MR) is 71.2 cm³/mol. The molecule has 0 saturated carbocycles. The monoisotopic (exact) mass is 242 g/mol. The lowest BCUT2D eigenvalue weighted by Crippen LogP contribution is -1.81. The Hall–Kier alpha value is -1.80. The summed E-state index contributed by atoms with van der Waals surface area (Å²) in [5.41, 5.74) is 3.50. The van der Waals surface area contributed by atoms with Crippen LogP contribution in [0.15, 0.2) is 48.8 Å². The van der Waals surface area contributed by atoms with Crippen LogP contribution in [0.1, 0.15) is 0 Å². The van der Waals surface area contributed by atoms with E-state index in [2.05, 4.69) is 41.0 Å². The number of aryl methyl sites for hydroxylation is 1. The van der Waals surface area contributed by atoms with Crippen LogP contribution in [0.5, 0.6) is 0 Å². The zero-order valence-electron chi connectivity index (χ0n) is 9.39. The van der Waals surface area contributed by atoms with E-state index in [0.29, 0.717) is 5.15 Å². The Morgan fingerprint density at radius 2 is 2.00 bits per heavy atom.